The fourth-order valence-corrected chi connectivity index (χ4v) is 2.83. The third-order valence-corrected chi connectivity index (χ3v) is 4.29. The van der Waals surface area contributed by atoms with Crippen molar-refractivity contribution in [3.8, 4) is 0 Å². The van der Waals surface area contributed by atoms with Crippen molar-refractivity contribution in [3.63, 3.8) is 0 Å². The zero-order valence-electron chi connectivity index (χ0n) is 16.5. The monoisotopic (exact) mass is 383 g/mol. The second-order valence-corrected chi connectivity index (χ2v) is 6.77. The van der Waals surface area contributed by atoms with Gasteiger partial charge in [0.25, 0.3) is 0 Å². The van der Waals surface area contributed by atoms with Gasteiger partial charge < -0.3 is 15.2 Å². The van der Waals surface area contributed by atoms with Gasteiger partial charge in [-0.15, -0.1) is 0 Å². The molecule has 2 rings (SSSR count). The van der Waals surface area contributed by atoms with Crippen LogP contribution in [0.25, 0.3) is 0 Å². The molecule has 1 aromatic carbocycles. The van der Waals surface area contributed by atoms with E-state index < -0.39 is 5.91 Å². The summed E-state index contributed by atoms with van der Waals surface area (Å²) in [4.78, 5) is 11.2. The van der Waals surface area contributed by atoms with Crippen molar-refractivity contribution in [2.45, 2.75) is 26.9 Å². The van der Waals surface area contributed by atoms with E-state index in [1.165, 1.54) is 18.2 Å². The quantitative estimate of drug-likeness (QED) is 0.522. The summed E-state index contributed by atoms with van der Waals surface area (Å²) >= 11 is 0. The normalized spacial score (nSPS) is 16.8. The number of rotatable bonds is 8. The number of hydrogen-bond donors (Lipinski definition) is 1. The van der Waals surface area contributed by atoms with Crippen molar-refractivity contribution in [1.82, 2.24) is 0 Å². The summed E-state index contributed by atoms with van der Waals surface area (Å²) in [6.45, 7) is 8.36. The maximum Gasteiger partial charge on any atom is 0.241 e. The van der Waals surface area contributed by atoms with Crippen LogP contribution in [-0.4, -0.2) is 13.0 Å². The number of primary amides is 1. The Morgan fingerprint density at radius 3 is 2.54 bits per heavy atom. The van der Waals surface area contributed by atoms with Crippen LogP contribution in [0.1, 0.15) is 25.8 Å². The molecule has 28 heavy (non-hydrogen) atoms. The fraction of sp³-hybridized carbons (Fsp3) is 0.261. The molecule has 0 fully saturated rings. The van der Waals surface area contributed by atoms with Gasteiger partial charge in [0.2, 0.25) is 5.91 Å². The van der Waals surface area contributed by atoms with Crippen molar-refractivity contribution < 1.29 is 18.7 Å². The Balaban J connectivity index is 2.44. The molecule has 0 heterocycles. The molecule has 2 N–H and O–H groups in total. The highest BCUT2D eigenvalue weighted by Crippen LogP contribution is 2.37. The maximum atomic E-state index is 13.2. The molecule has 1 aliphatic carbocycles. The molecule has 1 aliphatic rings. The second kappa shape index (κ2) is 9.74. The van der Waals surface area contributed by atoms with Crippen LogP contribution in [-0.2, 0) is 20.9 Å². The Morgan fingerprint density at radius 2 is 1.96 bits per heavy atom. The molecule has 0 bridgehead atoms. The van der Waals surface area contributed by atoms with Crippen LogP contribution in [0.2, 0.25) is 0 Å². The first-order chi connectivity index (χ1) is 13.3. The zero-order chi connectivity index (χ0) is 20.7. The predicted octanol–water partition coefficient (Wildman–Crippen LogP) is 4.71. The predicted molar refractivity (Wildman–Crippen MR) is 108 cm³/mol. The van der Waals surface area contributed by atoms with Crippen molar-refractivity contribution in [2.24, 2.45) is 11.7 Å². The number of ether oxygens (including phenoxy) is 2. The van der Waals surface area contributed by atoms with Gasteiger partial charge in [0.1, 0.15) is 23.9 Å². The van der Waals surface area contributed by atoms with E-state index in [4.69, 9.17) is 15.2 Å². The SMILES string of the molecule is C=C1C=C(OC)C(CC=C(C)C)=C(OCc2ccc(F)cc2)C1/C=C\C(N)=O. The van der Waals surface area contributed by atoms with E-state index >= 15 is 0 Å². The highest BCUT2D eigenvalue weighted by molar-refractivity contribution is 5.85. The number of halogens is 1. The smallest absolute Gasteiger partial charge is 0.241 e. The first kappa shape index (κ1) is 21.2. The largest absolute Gasteiger partial charge is 0.496 e. The lowest BCUT2D eigenvalue weighted by molar-refractivity contribution is -0.113. The number of carbonyl (C=O) groups excluding carboxylic acids is 1. The molecule has 1 amide bonds. The molecule has 0 spiro atoms. The summed E-state index contributed by atoms with van der Waals surface area (Å²) in [5.74, 6) is 0.125. The van der Waals surface area contributed by atoms with Gasteiger partial charge in [0.15, 0.2) is 0 Å². The van der Waals surface area contributed by atoms with E-state index in [0.29, 0.717) is 17.9 Å². The molecule has 148 valence electrons. The van der Waals surface area contributed by atoms with Gasteiger partial charge in [-0.1, -0.05) is 36.4 Å². The van der Waals surface area contributed by atoms with Crippen molar-refractivity contribution >= 4 is 5.91 Å². The number of carbonyl (C=O) groups is 1. The van der Waals surface area contributed by atoms with Crippen LogP contribution in [0.15, 0.2) is 83.4 Å². The summed E-state index contributed by atoms with van der Waals surface area (Å²) in [6, 6.07) is 6.12. The highest BCUT2D eigenvalue weighted by atomic mass is 19.1. The first-order valence-corrected chi connectivity index (χ1v) is 8.98. The van der Waals surface area contributed by atoms with Crippen LogP contribution in [0.5, 0.6) is 0 Å². The van der Waals surface area contributed by atoms with E-state index in [-0.39, 0.29) is 18.3 Å². The molecule has 0 aromatic heterocycles. The molecule has 5 heteroatoms. The second-order valence-electron chi connectivity index (χ2n) is 6.77. The van der Waals surface area contributed by atoms with Crippen molar-refractivity contribution in [3.05, 3.63) is 94.8 Å². The minimum Gasteiger partial charge on any atom is -0.496 e. The van der Waals surface area contributed by atoms with E-state index in [2.05, 4.69) is 12.7 Å². The molecule has 0 aliphatic heterocycles. The number of hydrogen-bond acceptors (Lipinski definition) is 3. The lowest BCUT2D eigenvalue weighted by Gasteiger charge is -2.28. The molecule has 0 saturated carbocycles. The van der Waals surface area contributed by atoms with Gasteiger partial charge >= 0.3 is 0 Å². The Hall–Kier alpha value is -3.08. The summed E-state index contributed by atoms with van der Waals surface area (Å²) in [7, 11) is 1.60. The topological polar surface area (TPSA) is 61.6 Å². The standard InChI is InChI=1S/C23H26FNO3/c1-15(2)5-10-20-21(27-4)13-16(3)19(11-12-22(25)26)23(20)28-14-17-6-8-18(24)9-7-17/h5-9,11-13,19H,3,10,14H2,1-2,4H3,(H2,25,26)/b12-11-. The molecule has 1 atom stereocenters. The number of nitrogens with two attached hydrogens (primary N) is 1. The molecule has 1 aromatic rings. The molecule has 0 radical (unpaired) electrons. The fourth-order valence-electron chi connectivity index (χ4n) is 2.83. The van der Waals surface area contributed by atoms with Gasteiger partial charge in [0, 0.05) is 5.57 Å². The lowest BCUT2D eigenvalue weighted by atomic mass is 9.86. The van der Waals surface area contributed by atoms with E-state index in [1.54, 1.807) is 25.3 Å². The average Bonchev–Trinajstić information content (AvgIpc) is 2.64. The number of allylic oxidation sites excluding steroid dienone is 5. The summed E-state index contributed by atoms with van der Waals surface area (Å²) < 4.78 is 24.9. The minimum absolute atomic E-state index is 0.249. The van der Waals surface area contributed by atoms with Crippen LogP contribution < -0.4 is 5.73 Å². The first-order valence-electron chi connectivity index (χ1n) is 8.98. The van der Waals surface area contributed by atoms with E-state index in [0.717, 1.165) is 22.3 Å². The summed E-state index contributed by atoms with van der Waals surface area (Å²) in [5.41, 5.74) is 8.86. The Kier molecular flexibility index (Phi) is 7.38. The average molecular weight is 383 g/mol. The van der Waals surface area contributed by atoms with Gasteiger partial charge in [-0.2, -0.15) is 0 Å². The van der Waals surface area contributed by atoms with Crippen LogP contribution in [0.4, 0.5) is 4.39 Å². The molecular formula is C23H26FNO3. The van der Waals surface area contributed by atoms with Gasteiger partial charge in [-0.25, -0.2) is 4.39 Å². The van der Waals surface area contributed by atoms with E-state index in [1.807, 2.05) is 19.9 Å². The van der Waals surface area contributed by atoms with E-state index in [9.17, 15) is 9.18 Å². The molecule has 1 unspecified atom stereocenters. The maximum absolute atomic E-state index is 13.2. The van der Waals surface area contributed by atoms with Crippen LogP contribution in [0.3, 0.4) is 0 Å². The lowest BCUT2D eigenvalue weighted by Crippen LogP contribution is -2.17. The summed E-state index contributed by atoms with van der Waals surface area (Å²) in [5, 5.41) is 0. The Labute approximate surface area is 165 Å². The Bertz CT molecular complexity index is 856. The van der Waals surface area contributed by atoms with Crippen molar-refractivity contribution in [1.29, 1.82) is 0 Å². The number of amides is 1. The minimum atomic E-state index is -0.543. The van der Waals surface area contributed by atoms with Gasteiger partial charge in [0.05, 0.1) is 13.0 Å². The Morgan fingerprint density at radius 1 is 1.29 bits per heavy atom. The van der Waals surface area contributed by atoms with Gasteiger partial charge in [-0.3, -0.25) is 4.79 Å². The number of methoxy groups -OCH3 is 1. The number of benzene rings is 1. The summed E-state index contributed by atoms with van der Waals surface area (Å²) in [6.07, 6.45) is 7.51. The van der Waals surface area contributed by atoms with Gasteiger partial charge in [-0.05, 0) is 55.7 Å². The molecule has 0 saturated heterocycles. The van der Waals surface area contributed by atoms with Crippen LogP contribution >= 0.6 is 0 Å². The third kappa shape index (κ3) is 5.71. The highest BCUT2D eigenvalue weighted by Gasteiger charge is 2.27. The third-order valence-electron chi connectivity index (χ3n) is 4.29. The molecular weight excluding hydrogens is 357 g/mol. The van der Waals surface area contributed by atoms with Crippen LogP contribution in [0, 0.1) is 11.7 Å². The molecule has 4 nitrogen and oxygen atoms in total. The van der Waals surface area contributed by atoms with Crippen molar-refractivity contribution in [2.75, 3.05) is 7.11 Å². The zero-order valence-corrected chi connectivity index (χ0v) is 16.5.